The number of halogens is 1. The van der Waals surface area contributed by atoms with Crippen molar-refractivity contribution >= 4 is 21.7 Å². The molecule has 0 saturated heterocycles. The van der Waals surface area contributed by atoms with Gasteiger partial charge in [-0.05, 0) is 49.9 Å². The van der Waals surface area contributed by atoms with Gasteiger partial charge in [0, 0.05) is 16.6 Å². The third kappa shape index (κ3) is 2.41. The molecule has 0 spiro atoms. The normalized spacial score (nSPS) is 14.6. The van der Waals surface area contributed by atoms with Crippen LogP contribution in [0.25, 0.3) is 5.69 Å². The van der Waals surface area contributed by atoms with Crippen molar-refractivity contribution in [3.63, 3.8) is 0 Å². The van der Waals surface area contributed by atoms with Crippen LogP contribution in [0.2, 0.25) is 0 Å². The summed E-state index contributed by atoms with van der Waals surface area (Å²) in [5, 5.41) is 8.34. The van der Waals surface area contributed by atoms with Crippen molar-refractivity contribution in [1.29, 1.82) is 0 Å². The molecule has 1 aliphatic heterocycles. The smallest absolute Gasteiger partial charge is 0.133 e. The third-order valence-corrected chi connectivity index (χ3v) is 4.15. The van der Waals surface area contributed by atoms with E-state index in [0.717, 1.165) is 29.5 Å². The molecule has 19 heavy (non-hydrogen) atoms. The zero-order chi connectivity index (χ0) is 13.2. The van der Waals surface area contributed by atoms with E-state index in [4.69, 9.17) is 5.10 Å². The van der Waals surface area contributed by atoms with Gasteiger partial charge in [0.2, 0.25) is 0 Å². The standard InChI is InChI=1S/C15H18BrN3/c1-2-14-13-5-3-4-10-17-15(13)19(18-14)12-8-6-11(16)7-9-12/h6-9,17H,2-5,10H2,1H3. The topological polar surface area (TPSA) is 29.9 Å². The second-order valence-electron chi connectivity index (χ2n) is 4.90. The molecule has 0 fully saturated rings. The van der Waals surface area contributed by atoms with Gasteiger partial charge in [-0.2, -0.15) is 5.10 Å². The Hall–Kier alpha value is -1.29. The molecular formula is C15H18BrN3. The summed E-state index contributed by atoms with van der Waals surface area (Å²) < 4.78 is 3.16. The van der Waals surface area contributed by atoms with Gasteiger partial charge in [-0.3, -0.25) is 0 Å². The highest BCUT2D eigenvalue weighted by molar-refractivity contribution is 9.10. The number of fused-ring (bicyclic) bond motifs is 1. The van der Waals surface area contributed by atoms with Gasteiger partial charge in [-0.15, -0.1) is 0 Å². The summed E-state index contributed by atoms with van der Waals surface area (Å²) in [6.07, 6.45) is 4.62. The van der Waals surface area contributed by atoms with Crippen LogP contribution in [0.15, 0.2) is 28.7 Å². The van der Waals surface area contributed by atoms with E-state index in [1.54, 1.807) is 0 Å². The van der Waals surface area contributed by atoms with Crippen LogP contribution in [0.5, 0.6) is 0 Å². The molecule has 0 radical (unpaired) electrons. The monoisotopic (exact) mass is 319 g/mol. The molecule has 1 aliphatic rings. The molecule has 4 heteroatoms. The van der Waals surface area contributed by atoms with Crippen LogP contribution in [0.4, 0.5) is 5.82 Å². The fraction of sp³-hybridized carbons (Fsp3) is 0.400. The van der Waals surface area contributed by atoms with Gasteiger partial charge < -0.3 is 5.32 Å². The van der Waals surface area contributed by atoms with Crippen molar-refractivity contribution in [2.75, 3.05) is 11.9 Å². The zero-order valence-electron chi connectivity index (χ0n) is 11.1. The number of hydrogen-bond acceptors (Lipinski definition) is 2. The molecule has 1 aromatic heterocycles. The van der Waals surface area contributed by atoms with Gasteiger partial charge in [0.15, 0.2) is 0 Å². The Morgan fingerprint density at radius 2 is 2.05 bits per heavy atom. The first-order valence-corrected chi connectivity index (χ1v) is 7.69. The Kier molecular flexibility index (Phi) is 3.60. The molecule has 0 atom stereocenters. The first-order valence-electron chi connectivity index (χ1n) is 6.90. The summed E-state index contributed by atoms with van der Waals surface area (Å²) in [4.78, 5) is 0. The largest absolute Gasteiger partial charge is 0.370 e. The minimum Gasteiger partial charge on any atom is -0.370 e. The highest BCUT2D eigenvalue weighted by Crippen LogP contribution is 2.28. The van der Waals surface area contributed by atoms with Crippen LogP contribution in [0.3, 0.4) is 0 Å². The minimum absolute atomic E-state index is 0.994. The zero-order valence-corrected chi connectivity index (χ0v) is 12.7. The molecule has 1 aromatic carbocycles. The lowest BCUT2D eigenvalue weighted by Crippen LogP contribution is -2.07. The average molecular weight is 320 g/mol. The number of aromatic nitrogens is 2. The Morgan fingerprint density at radius 1 is 1.26 bits per heavy atom. The number of rotatable bonds is 2. The van der Waals surface area contributed by atoms with Gasteiger partial charge in [0.05, 0.1) is 11.4 Å². The van der Waals surface area contributed by atoms with Crippen LogP contribution in [-0.4, -0.2) is 16.3 Å². The van der Waals surface area contributed by atoms with Crippen molar-refractivity contribution in [2.24, 2.45) is 0 Å². The van der Waals surface area contributed by atoms with Gasteiger partial charge >= 0.3 is 0 Å². The molecule has 2 heterocycles. The summed E-state index contributed by atoms with van der Waals surface area (Å²) in [5.74, 6) is 1.19. The molecule has 3 rings (SSSR count). The van der Waals surface area contributed by atoms with Crippen molar-refractivity contribution in [1.82, 2.24) is 9.78 Å². The van der Waals surface area contributed by atoms with Crippen molar-refractivity contribution in [2.45, 2.75) is 32.6 Å². The predicted octanol–water partition coefficient (Wildman–Crippen LogP) is 3.95. The van der Waals surface area contributed by atoms with Gasteiger partial charge in [0.1, 0.15) is 5.82 Å². The van der Waals surface area contributed by atoms with E-state index in [0.29, 0.717) is 0 Å². The van der Waals surface area contributed by atoms with Gasteiger partial charge in [-0.25, -0.2) is 4.68 Å². The van der Waals surface area contributed by atoms with Crippen molar-refractivity contribution in [3.8, 4) is 5.69 Å². The summed E-state index contributed by atoms with van der Waals surface area (Å²) in [6.45, 7) is 3.22. The summed E-state index contributed by atoms with van der Waals surface area (Å²) in [5.41, 5.74) is 3.75. The fourth-order valence-corrected chi connectivity index (χ4v) is 2.89. The lowest BCUT2D eigenvalue weighted by molar-refractivity contribution is 0.765. The van der Waals surface area contributed by atoms with Gasteiger partial charge in [-0.1, -0.05) is 22.9 Å². The number of anilines is 1. The second-order valence-corrected chi connectivity index (χ2v) is 5.82. The molecule has 0 saturated carbocycles. The maximum Gasteiger partial charge on any atom is 0.133 e. The maximum atomic E-state index is 4.79. The third-order valence-electron chi connectivity index (χ3n) is 3.62. The molecule has 1 N–H and O–H groups in total. The second kappa shape index (κ2) is 5.37. The Labute approximate surface area is 122 Å². The molecule has 0 bridgehead atoms. The van der Waals surface area contributed by atoms with E-state index in [-0.39, 0.29) is 0 Å². The van der Waals surface area contributed by atoms with Gasteiger partial charge in [0.25, 0.3) is 0 Å². The minimum atomic E-state index is 0.994. The number of nitrogens with one attached hydrogen (secondary N) is 1. The highest BCUT2D eigenvalue weighted by Gasteiger charge is 2.19. The molecule has 0 amide bonds. The van der Waals surface area contributed by atoms with Crippen LogP contribution in [-0.2, 0) is 12.8 Å². The van der Waals surface area contributed by atoms with Crippen LogP contribution < -0.4 is 5.32 Å². The van der Waals surface area contributed by atoms with Crippen LogP contribution in [0.1, 0.15) is 31.0 Å². The van der Waals surface area contributed by atoms with E-state index in [9.17, 15) is 0 Å². The van der Waals surface area contributed by atoms with E-state index in [1.807, 2.05) is 0 Å². The first kappa shape index (κ1) is 12.7. The van der Waals surface area contributed by atoms with E-state index in [2.05, 4.69) is 57.1 Å². The molecule has 100 valence electrons. The Bertz CT molecular complexity index is 572. The number of benzene rings is 1. The first-order chi connectivity index (χ1) is 9.29. The highest BCUT2D eigenvalue weighted by atomic mass is 79.9. The maximum absolute atomic E-state index is 4.79. The number of nitrogens with zero attached hydrogens (tertiary/aromatic N) is 2. The molecule has 3 nitrogen and oxygen atoms in total. The summed E-state index contributed by atoms with van der Waals surface area (Å²) in [7, 11) is 0. The predicted molar refractivity (Wildman–Crippen MR) is 82.1 cm³/mol. The summed E-state index contributed by atoms with van der Waals surface area (Å²) >= 11 is 3.48. The Balaban J connectivity index is 2.10. The lowest BCUT2D eigenvalue weighted by atomic mass is 10.1. The fourth-order valence-electron chi connectivity index (χ4n) is 2.63. The number of hydrogen-bond donors (Lipinski definition) is 1. The van der Waals surface area contributed by atoms with Crippen molar-refractivity contribution < 1.29 is 0 Å². The SMILES string of the molecule is CCc1nn(-c2ccc(Br)cc2)c2c1CCCCN2. The quantitative estimate of drug-likeness (QED) is 0.908. The van der Waals surface area contributed by atoms with E-state index < -0.39 is 0 Å². The van der Waals surface area contributed by atoms with E-state index >= 15 is 0 Å². The molecule has 0 aliphatic carbocycles. The molecule has 2 aromatic rings. The van der Waals surface area contributed by atoms with Crippen LogP contribution >= 0.6 is 15.9 Å². The number of aryl methyl sites for hydroxylation is 1. The van der Waals surface area contributed by atoms with Crippen molar-refractivity contribution in [3.05, 3.63) is 40.0 Å². The molecular weight excluding hydrogens is 302 g/mol. The average Bonchev–Trinajstić information content (AvgIpc) is 2.61. The van der Waals surface area contributed by atoms with E-state index in [1.165, 1.54) is 29.9 Å². The molecule has 0 unspecified atom stereocenters. The van der Waals surface area contributed by atoms with Crippen LogP contribution in [0, 0.1) is 0 Å². The lowest BCUT2D eigenvalue weighted by Gasteiger charge is -2.09. The Morgan fingerprint density at radius 3 is 2.79 bits per heavy atom. The summed E-state index contributed by atoms with van der Waals surface area (Å²) in [6, 6.07) is 8.32.